The van der Waals surface area contributed by atoms with Crippen LogP contribution in [0.3, 0.4) is 0 Å². The van der Waals surface area contributed by atoms with E-state index < -0.39 is 0 Å². The minimum absolute atomic E-state index is 0.629. The van der Waals surface area contributed by atoms with Crippen molar-refractivity contribution in [2.45, 2.75) is 18.9 Å². The number of benzene rings is 1. The van der Waals surface area contributed by atoms with E-state index in [9.17, 15) is 0 Å². The fourth-order valence-electron chi connectivity index (χ4n) is 2.24. The second kappa shape index (κ2) is 6.22. The monoisotopic (exact) mass is 294 g/mol. The summed E-state index contributed by atoms with van der Waals surface area (Å²) in [5.41, 5.74) is 1.34. The van der Waals surface area contributed by atoms with Gasteiger partial charge < -0.3 is 10.2 Å². The third kappa shape index (κ3) is 3.86. The first-order chi connectivity index (χ1) is 8.25. The molecule has 17 heavy (non-hydrogen) atoms. The summed E-state index contributed by atoms with van der Waals surface area (Å²) >= 11 is 3.38. The topological polar surface area (TPSA) is 15.3 Å². The summed E-state index contributed by atoms with van der Waals surface area (Å²) in [6.45, 7) is 6.99. The fraction of sp³-hybridized carbons (Fsp3) is 0.429. The molecule has 0 amide bonds. The Morgan fingerprint density at radius 3 is 2.53 bits per heavy atom. The molecule has 0 saturated carbocycles. The quantitative estimate of drug-likeness (QED) is 0.918. The molecule has 1 saturated heterocycles. The van der Waals surface area contributed by atoms with Crippen molar-refractivity contribution in [2.24, 2.45) is 0 Å². The number of anilines is 1. The van der Waals surface area contributed by atoms with Crippen LogP contribution in [0.15, 0.2) is 41.4 Å². The third-order valence-electron chi connectivity index (χ3n) is 3.20. The summed E-state index contributed by atoms with van der Waals surface area (Å²) in [7, 11) is 0. The molecule has 1 aliphatic heterocycles. The number of para-hydroxylation sites is 1. The average Bonchev–Trinajstić information content (AvgIpc) is 2.38. The first-order valence-corrected chi connectivity index (χ1v) is 6.91. The van der Waals surface area contributed by atoms with Crippen LogP contribution in [-0.2, 0) is 0 Å². The first-order valence-electron chi connectivity index (χ1n) is 6.12. The zero-order valence-corrected chi connectivity index (χ0v) is 11.6. The Morgan fingerprint density at radius 1 is 1.29 bits per heavy atom. The van der Waals surface area contributed by atoms with Crippen molar-refractivity contribution in [2.75, 3.05) is 24.5 Å². The second-order valence-corrected chi connectivity index (χ2v) is 5.62. The van der Waals surface area contributed by atoms with Gasteiger partial charge in [0.05, 0.1) is 0 Å². The van der Waals surface area contributed by atoms with E-state index in [-0.39, 0.29) is 0 Å². The van der Waals surface area contributed by atoms with E-state index in [1.54, 1.807) is 0 Å². The predicted octanol–water partition coefficient (Wildman–Crippen LogP) is 3.15. The van der Waals surface area contributed by atoms with E-state index in [1.807, 2.05) is 0 Å². The highest BCUT2D eigenvalue weighted by atomic mass is 79.9. The highest BCUT2D eigenvalue weighted by Gasteiger charge is 2.18. The Balaban J connectivity index is 1.80. The number of rotatable bonds is 4. The van der Waals surface area contributed by atoms with Crippen LogP contribution in [-0.4, -0.2) is 25.7 Å². The molecule has 0 bridgehead atoms. The van der Waals surface area contributed by atoms with Gasteiger partial charge in [0.2, 0.25) is 0 Å². The smallest absolute Gasteiger partial charge is 0.0366 e. The highest BCUT2D eigenvalue weighted by Crippen LogP contribution is 2.19. The van der Waals surface area contributed by atoms with Crippen LogP contribution in [0.1, 0.15) is 12.8 Å². The van der Waals surface area contributed by atoms with E-state index in [0.717, 1.165) is 24.1 Å². The normalized spacial score (nSPS) is 17.1. The van der Waals surface area contributed by atoms with Crippen LogP contribution in [0.2, 0.25) is 0 Å². The van der Waals surface area contributed by atoms with Gasteiger partial charge in [0.25, 0.3) is 0 Å². The molecule has 1 aliphatic rings. The lowest BCUT2D eigenvalue weighted by Crippen LogP contribution is -2.42. The SMILES string of the molecule is C=C(Br)CNC1CCN(c2ccccc2)CC1. The van der Waals surface area contributed by atoms with Gasteiger partial charge in [-0.25, -0.2) is 0 Å². The Hall–Kier alpha value is -0.800. The fourth-order valence-corrected chi connectivity index (χ4v) is 2.40. The molecule has 0 spiro atoms. The van der Waals surface area contributed by atoms with Gasteiger partial charge in [0.15, 0.2) is 0 Å². The van der Waals surface area contributed by atoms with E-state index >= 15 is 0 Å². The van der Waals surface area contributed by atoms with Crippen molar-refractivity contribution in [3.8, 4) is 0 Å². The Labute approximate surface area is 112 Å². The molecule has 0 unspecified atom stereocenters. The molecule has 3 heteroatoms. The van der Waals surface area contributed by atoms with Crippen LogP contribution in [0.25, 0.3) is 0 Å². The van der Waals surface area contributed by atoms with Gasteiger partial charge in [-0.1, -0.05) is 40.7 Å². The number of halogens is 1. The number of hydrogen-bond acceptors (Lipinski definition) is 2. The lowest BCUT2D eigenvalue weighted by molar-refractivity contribution is 0.430. The molecule has 1 heterocycles. The molecular weight excluding hydrogens is 276 g/mol. The molecule has 0 aliphatic carbocycles. The van der Waals surface area contributed by atoms with Crippen molar-refractivity contribution in [1.29, 1.82) is 0 Å². The minimum atomic E-state index is 0.629. The Morgan fingerprint density at radius 2 is 1.94 bits per heavy atom. The van der Waals surface area contributed by atoms with Gasteiger partial charge in [-0.05, 0) is 25.0 Å². The average molecular weight is 295 g/mol. The Kier molecular flexibility index (Phi) is 4.63. The predicted molar refractivity (Wildman–Crippen MR) is 77.7 cm³/mol. The van der Waals surface area contributed by atoms with Crippen LogP contribution >= 0.6 is 15.9 Å². The molecule has 0 radical (unpaired) electrons. The number of nitrogens with one attached hydrogen (secondary N) is 1. The number of hydrogen-bond donors (Lipinski definition) is 1. The van der Waals surface area contributed by atoms with E-state index in [1.165, 1.54) is 18.5 Å². The molecule has 1 aromatic rings. The van der Waals surface area contributed by atoms with Gasteiger partial charge >= 0.3 is 0 Å². The zero-order chi connectivity index (χ0) is 12.1. The summed E-state index contributed by atoms with van der Waals surface area (Å²) in [5.74, 6) is 0. The first kappa shape index (κ1) is 12.7. The summed E-state index contributed by atoms with van der Waals surface area (Å²) in [5, 5.41) is 3.52. The van der Waals surface area contributed by atoms with Crippen LogP contribution < -0.4 is 10.2 Å². The van der Waals surface area contributed by atoms with Crippen molar-refractivity contribution in [1.82, 2.24) is 5.32 Å². The van der Waals surface area contributed by atoms with Crippen LogP contribution in [0.5, 0.6) is 0 Å². The van der Waals surface area contributed by atoms with Crippen LogP contribution in [0.4, 0.5) is 5.69 Å². The maximum absolute atomic E-state index is 3.85. The molecule has 1 fully saturated rings. The van der Waals surface area contributed by atoms with Crippen molar-refractivity contribution in [3.63, 3.8) is 0 Å². The summed E-state index contributed by atoms with van der Waals surface area (Å²) in [6, 6.07) is 11.3. The van der Waals surface area contributed by atoms with E-state index in [4.69, 9.17) is 0 Å². The van der Waals surface area contributed by atoms with Gasteiger partial charge in [-0.15, -0.1) is 0 Å². The van der Waals surface area contributed by atoms with Gasteiger partial charge in [0.1, 0.15) is 0 Å². The molecule has 1 aromatic carbocycles. The number of piperidine rings is 1. The molecule has 0 atom stereocenters. The standard InChI is InChI=1S/C14H19BrN2/c1-12(15)11-16-13-7-9-17(10-8-13)14-5-3-2-4-6-14/h2-6,13,16H,1,7-11H2. The van der Waals surface area contributed by atoms with Gasteiger partial charge in [0, 0.05) is 35.8 Å². The van der Waals surface area contributed by atoms with Crippen molar-refractivity contribution in [3.05, 3.63) is 41.4 Å². The largest absolute Gasteiger partial charge is 0.371 e. The maximum atomic E-state index is 3.85. The Bertz CT molecular complexity index is 356. The summed E-state index contributed by atoms with van der Waals surface area (Å²) < 4.78 is 1.03. The molecule has 0 aromatic heterocycles. The molecular formula is C14H19BrN2. The zero-order valence-electron chi connectivity index (χ0n) is 10.0. The molecule has 1 N–H and O–H groups in total. The van der Waals surface area contributed by atoms with Gasteiger partial charge in [-0.2, -0.15) is 0 Å². The number of nitrogens with zero attached hydrogens (tertiary/aromatic N) is 1. The maximum Gasteiger partial charge on any atom is 0.0366 e. The molecule has 2 rings (SSSR count). The third-order valence-corrected chi connectivity index (χ3v) is 3.48. The second-order valence-electron chi connectivity index (χ2n) is 4.50. The molecule has 2 nitrogen and oxygen atoms in total. The van der Waals surface area contributed by atoms with Crippen molar-refractivity contribution >= 4 is 21.6 Å². The highest BCUT2D eigenvalue weighted by molar-refractivity contribution is 9.11. The summed E-state index contributed by atoms with van der Waals surface area (Å²) in [6.07, 6.45) is 2.41. The summed E-state index contributed by atoms with van der Waals surface area (Å²) in [4.78, 5) is 2.46. The van der Waals surface area contributed by atoms with Gasteiger partial charge in [-0.3, -0.25) is 0 Å². The van der Waals surface area contributed by atoms with Crippen molar-refractivity contribution < 1.29 is 0 Å². The lowest BCUT2D eigenvalue weighted by atomic mass is 10.0. The van der Waals surface area contributed by atoms with E-state index in [2.05, 4.69) is 63.1 Å². The van der Waals surface area contributed by atoms with E-state index in [0.29, 0.717) is 6.04 Å². The lowest BCUT2D eigenvalue weighted by Gasteiger charge is -2.34. The van der Waals surface area contributed by atoms with Crippen LogP contribution in [0, 0.1) is 0 Å². The molecule has 92 valence electrons. The minimum Gasteiger partial charge on any atom is -0.371 e.